The first kappa shape index (κ1) is 14.4. The van der Waals surface area contributed by atoms with Crippen molar-refractivity contribution in [2.24, 2.45) is 0 Å². The van der Waals surface area contributed by atoms with Gasteiger partial charge >= 0.3 is 6.18 Å². The summed E-state index contributed by atoms with van der Waals surface area (Å²) in [7, 11) is 0. The Kier molecular flexibility index (Phi) is 3.27. The van der Waals surface area contributed by atoms with Gasteiger partial charge in [0.05, 0.1) is 5.70 Å². The second-order valence-electron chi connectivity index (χ2n) is 4.82. The zero-order valence-corrected chi connectivity index (χ0v) is 11.1. The normalized spacial score (nSPS) is 21.0. The van der Waals surface area contributed by atoms with Crippen molar-refractivity contribution >= 4 is 11.7 Å². The summed E-state index contributed by atoms with van der Waals surface area (Å²) in [4.78, 5) is 24.4. The van der Waals surface area contributed by atoms with E-state index in [-0.39, 0.29) is 29.2 Å². The molecule has 22 heavy (non-hydrogen) atoms. The van der Waals surface area contributed by atoms with Gasteiger partial charge in [0.25, 0.3) is 12.1 Å². The maximum Gasteiger partial charge on any atom is 0.445 e. The monoisotopic (exact) mass is 309 g/mol. The first-order valence-corrected chi connectivity index (χ1v) is 6.45. The van der Waals surface area contributed by atoms with Gasteiger partial charge in [-0.15, -0.1) is 0 Å². The van der Waals surface area contributed by atoms with Crippen LogP contribution in [0.5, 0.6) is 0 Å². The molecule has 1 aliphatic heterocycles. The Hall–Kier alpha value is -2.57. The first-order valence-electron chi connectivity index (χ1n) is 6.45. The highest BCUT2D eigenvalue weighted by molar-refractivity contribution is 5.99. The maximum atomic E-state index is 13.2. The van der Waals surface area contributed by atoms with Gasteiger partial charge in [0.1, 0.15) is 5.76 Å². The van der Waals surface area contributed by atoms with Crippen molar-refractivity contribution in [2.45, 2.75) is 18.8 Å². The Morgan fingerprint density at radius 1 is 1.23 bits per heavy atom. The van der Waals surface area contributed by atoms with Crippen LogP contribution < -0.4 is 0 Å². The minimum atomic E-state index is -4.77. The van der Waals surface area contributed by atoms with Crippen LogP contribution in [0.3, 0.4) is 0 Å². The lowest BCUT2D eigenvalue weighted by molar-refractivity contribution is -0.226. The summed E-state index contributed by atoms with van der Waals surface area (Å²) < 4.78 is 44.4. The highest BCUT2D eigenvalue weighted by Crippen LogP contribution is 2.41. The molecule has 0 N–H and O–H groups in total. The smallest absolute Gasteiger partial charge is 0.445 e. The Morgan fingerprint density at radius 2 is 1.91 bits per heavy atom. The van der Waals surface area contributed by atoms with Gasteiger partial charge in [-0.3, -0.25) is 14.5 Å². The summed E-state index contributed by atoms with van der Waals surface area (Å²) in [6.45, 7) is 0. The van der Waals surface area contributed by atoms with Gasteiger partial charge in [-0.25, -0.2) is 0 Å². The third kappa shape index (κ3) is 2.38. The van der Waals surface area contributed by atoms with Gasteiger partial charge in [0, 0.05) is 18.1 Å². The molecule has 0 radical (unpaired) electrons. The molecular formula is C15H10F3NO3. The van der Waals surface area contributed by atoms with E-state index in [0.29, 0.717) is 4.90 Å². The molecular weight excluding hydrogens is 299 g/mol. The fourth-order valence-electron chi connectivity index (χ4n) is 2.33. The van der Waals surface area contributed by atoms with E-state index in [1.165, 1.54) is 18.2 Å². The molecule has 1 aromatic rings. The number of fused-ring (bicyclic) bond motifs is 1. The predicted molar refractivity (Wildman–Crippen MR) is 69.3 cm³/mol. The average Bonchev–Trinajstić information content (AvgIpc) is 2.86. The number of amides is 1. The Morgan fingerprint density at radius 3 is 2.55 bits per heavy atom. The van der Waals surface area contributed by atoms with Gasteiger partial charge in [0.15, 0.2) is 5.78 Å². The molecule has 3 rings (SSSR count). The molecule has 7 heteroatoms. The number of ketones is 1. The molecule has 4 nitrogen and oxygen atoms in total. The molecule has 1 heterocycles. The van der Waals surface area contributed by atoms with E-state index in [1.54, 1.807) is 18.2 Å². The van der Waals surface area contributed by atoms with E-state index in [0.717, 1.165) is 6.08 Å². The van der Waals surface area contributed by atoms with E-state index in [2.05, 4.69) is 0 Å². The number of hydrogen-bond donors (Lipinski definition) is 0. The maximum absolute atomic E-state index is 13.2. The zero-order valence-electron chi connectivity index (χ0n) is 11.1. The Labute approximate surface area is 123 Å². The molecule has 1 unspecified atom stereocenters. The molecule has 1 saturated heterocycles. The number of carbonyl (C=O) groups excluding carboxylic acids is 2. The van der Waals surface area contributed by atoms with Crippen molar-refractivity contribution in [3.8, 4) is 0 Å². The van der Waals surface area contributed by atoms with E-state index in [4.69, 9.17) is 4.74 Å². The predicted octanol–water partition coefficient (Wildman–Crippen LogP) is 2.79. The molecule has 114 valence electrons. The molecule has 1 amide bonds. The van der Waals surface area contributed by atoms with Crippen molar-refractivity contribution in [2.75, 3.05) is 0 Å². The van der Waals surface area contributed by atoms with E-state index < -0.39 is 18.3 Å². The van der Waals surface area contributed by atoms with Gasteiger partial charge in [-0.1, -0.05) is 18.2 Å². The summed E-state index contributed by atoms with van der Waals surface area (Å²) >= 11 is 0. The third-order valence-corrected chi connectivity index (χ3v) is 3.29. The van der Waals surface area contributed by atoms with Crippen molar-refractivity contribution in [1.29, 1.82) is 0 Å². The molecule has 1 fully saturated rings. The van der Waals surface area contributed by atoms with Gasteiger partial charge in [0.2, 0.25) is 0 Å². The van der Waals surface area contributed by atoms with E-state index in [1.807, 2.05) is 0 Å². The second kappa shape index (κ2) is 5.01. The van der Waals surface area contributed by atoms with Crippen LogP contribution in [0.1, 0.15) is 16.8 Å². The minimum absolute atomic E-state index is 0.0449. The molecule has 1 aliphatic carbocycles. The van der Waals surface area contributed by atoms with Crippen LogP contribution in [0.25, 0.3) is 0 Å². The molecule has 2 aliphatic rings. The molecule has 0 saturated carbocycles. The molecule has 0 spiro atoms. The number of benzene rings is 1. The Balaban J connectivity index is 2.06. The van der Waals surface area contributed by atoms with E-state index in [9.17, 15) is 22.8 Å². The summed E-state index contributed by atoms with van der Waals surface area (Å²) in [5.74, 6) is -1.34. The van der Waals surface area contributed by atoms with Crippen LogP contribution >= 0.6 is 0 Å². The number of rotatable bonds is 1. The third-order valence-electron chi connectivity index (χ3n) is 3.29. The minimum Gasteiger partial charge on any atom is -0.458 e. The lowest BCUT2D eigenvalue weighted by Gasteiger charge is -2.24. The summed E-state index contributed by atoms with van der Waals surface area (Å²) in [5.41, 5.74) is -0.0621. The molecule has 0 aromatic heterocycles. The fraction of sp³-hybridized carbons (Fsp3) is 0.200. The Bertz CT molecular complexity index is 692. The standard InChI is InChI=1S/C15H10F3NO3/c16-15(17,18)14-19(13(21)9-4-2-1-3-5-9)11-8-10(20)6-7-12(11)22-14/h1-5,7-8,14H,6H2. The van der Waals surface area contributed by atoms with Crippen LogP contribution in [0.2, 0.25) is 0 Å². The number of halogens is 3. The van der Waals surface area contributed by atoms with Crippen LogP contribution in [-0.4, -0.2) is 29.0 Å². The lowest BCUT2D eigenvalue weighted by Crippen LogP contribution is -2.44. The number of nitrogens with zero attached hydrogens (tertiary/aromatic N) is 1. The highest BCUT2D eigenvalue weighted by atomic mass is 19.4. The quantitative estimate of drug-likeness (QED) is 0.801. The largest absolute Gasteiger partial charge is 0.458 e. The molecule has 0 bridgehead atoms. The summed E-state index contributed by atoms with van der Waals surface area (Å²) in [6.07, 6.45) is -4.97. The first-order chi connectivity index (χ1) is 10.4. The number of ether oxygens (including phenoxy) is 1. The second-order valence-corrected chi connectivity index (χ2v) is 4.82. The topological polar surface area (TPSA) is 46.6 Å². The van der Waals surface area contributed by atoms with Crippen LogP contribution in [0, 0.1) is 0 Å². The van der Waals surface area contributed by atoms with Crippen LogP contribution in [0.4, 0.5) is 13.2 Å². The van der Waals surface area contributed by atoms with Gasteiger partial charge < -0.3 is 4.74 Å². The highest BCUT2D eigenvalue weighted by Gasteiger charge is 2.54. The molecule has 1 aromatic carbocycles. The SMILES string of the molecule is O=C1C=C2C(=CC1)OC(C(F)(F)F)N2C(=O)c1ccccc1. The number of hydrogen-bond acceptors (Lipinski definition) is 3. The summed E-state index contributed by atoms with van der Waals surface area (Å²) in [6, 6.07) is 7.55. The van der Waals surface area contributed by atoms with Crippen LogP contribution in [-0.2, 0) is 9.53 Å². The zero-order chi connectivity index (χ0) is 15.9. The number of alkyl halides is 3. The number of allylic oxidation sites excluding steroid dienone is 2. The van der Waals surface area contributed by atoms with Crippen LogP contribution in [0.15, 0.2) is 53.9 Å². The van der Waals surface area contributed by atoms with E-state index >= 15 is 0 Å². The van der Waals surface area contributed by atoms with Crippen molar-refractivity contribution in [3.05, 3.63) is 59.5 Å². The molecule has 1 atom stereocenters. The van der Waals surface area contributed by atoms with Gasteiger partial charge in [-0.05, 0) is 18.2 Å². The number of carbonyl (C=O) groups is 2. The average molecular weight is 309 g/mol. The lowest BCUT2D eigenvalue weighted by atomic mass is 10.1. The van der Waals surface area contributed by atoms with Crippen molar-refractivity contribution in [1.82, 2.24) is 4.90 Å². The van der Waals surface area contributed by atoms with Crippen molar-refractivity contribution in [3.63, 3.8) is 0 Å². The van der Waals surface area contributed by atoms with Gasteiger partial charge in [-0.2, -0.15) is 13.2 Å². The van der Waals surface area contributed by atoms with Crippen molar-refractivity contribution < 1.29 is 27.5 Å². The summed E-state index contributed by atoms with van der Waals surface area (Å²) in [5, 5.41) is 0. The fourth-order valence-corrected chi connectivity index (χ4v) is 2.33.